The molecule has 2 aromatic heterocycles. The maximum absolute atomic E-state index is 12.6. The number of likely N-dealkylation sites (N-methyl/N-ethyl adjacent to an activating group) is 1. The molecule has 29 heavy (non-hydrogen) atoms. The van der Waals surface area contributed by atoms with E-state index in [1.807, 2.05) is 32.0 Å². The van der Waals surface area contributed by atoms with Gasteiger partial charge in [0.1, 0.15) is 22.9 Å². The van der Waals surface area contributed by atoms with E-state index in [-0.39, 0.29) is 30.5 Å². The van der Waals surface area contributed by atoms with Crippen LogP contribution in [-0.4, -0.2) is 49.6 Å². The Labute approximate surface area is 175 Å². The van der Waals surface area contributed by atoms with E-state index in [4.69, 9.17) is 0 Å². The first-order valence-corrected chi connectivity index (χ1v) is 9.66. The number of benzene rings is 1. The molecule has 0 saturated heterocycles. The largest absolute Gasteiger partial charge is 0.335 e. The molecule has 0 unspecified atom stereocenters. The Kier molecular flexibility index (Phi) is 5.83. The molecule has 3 rings (SSSR count). The van der Waals surface area contributed by atoms with E-state index < -0.39 is 0 Å². The smallest absolute Gasteiger partial charge is 0.266 e. The number of nitrogens with one attached hydrogen (secondary N) is 1. The van der Waals surface area contributed by atoms with Gasteiger partial charge in [0.15, 0.2) is 5.65 Å². The molecule has 2 heterocycles. The fraction of sp³-hybridized carbons (Fsp3) is 0.316. The first kappa shape index (κ1) is 20.7. The third kappa shape index (κ3) is 4.21. The van der Waals surface area contributed by atoms with Gasteiger partial charge in [0.05, 0.1) is 6.54 Å². The minimum absolute atomic E-state index is 0.131. The highest BCUT2D eigenvalue weighted by molar-refractivity contribution is 9.10. The summed E-state index contributed by atoms with van der Waals surface area (Å²) in [5.41, 5.74) is 2.68. The number of aromatic nitrogens is 4. The predicted octanol–water partition coefficient (Wildman–Crippen LogP) is 1.61. The van der Waals surface area contributed by atoms with Crippen LogP contribution >= 0.6 is 15.9 Å². The van der Waals surface area contributed by atoms with Gasteiger partial charge in [0.2, 0.25) is 11.8 Å². The summed E-state index contributed by atoms with van der Waals surface area (Å²) in [5, 5.41) is 7.26. The average molecular weight is 461 g/mol. The maximum atomic E-state index is 12.6. The maximum Gasteiger partial charge on any atom is 0.266 e. The zero-order chi connectivity index (χ0) is 21.3. The summed E-state index contributed by atoms with van der Waals surface area (Å²) in [7, 11) is 3.20. The Balaban J connectivity index is 1.70. The first-order chi connectivity index (χ1) is 13.7. The van der Waals surface area contributed by atoms with Gasteiger partial charge in [-0.2, -0.15) is 5.10 Å². The lowest BCUT2D eigenvalue weighted by molar-refractivity contribution is -0.133. The predicted molar refractivity (Wildman–Crippen MR) is 113 cm³/mol. The number of hydrogen-bond acceptors (Lipinski definition) is 5. The fourth-order valence-electron chi connectivity index (χ4n) is 3.01. The molecule has 0 fully saturated rings. The molecule has 2 amide bonds. The second-order valence-electron chi connectivity index (χ2n) is 6.86. The van der Waals surface area contributed by atoms with Crippen molar-refractivity contribution < 1.29 is 9.59 Å². The Morgan fingerprint density at radius 1 is 1.24 bits per heavy atom. The van der Waals surface area contributed by atoms with Crippen LogP contribution in [0.25, 0.3) is 11.0 Å². The van der Waals surface area contributed by atoms with Crippen LogP contribution in [0.1, 0.15) is 11.1 Å². The number of aryl methyl sites for hydroxylation is 3. The molecule has 0 atom stereocenters. The normalized spacial score (nSPS) is 10.9. The van der Waals surface area contributed by atoms with Crippen LogP contribution in [0.15, 0.2) is 33.9 Å². The third-order valence-electron chi connectivity index (χ3n) is 4.63. The summed E-state index contributed by atoms with van der Waals surface area (Å²) >= 11 is 3.24. The summed E-state index contributed by atoms with van der Waals surface area (Å²) in [6, 6.07) is 5.73. The van der Waals surface area contributed by atoms with E-state index >= 15 is 0 Å². The number of hydrogen-bond donors (Lipinski definition) is 1. The molecule has 0 spiro atoms. The highest BCUT2D eigenvalue weighted by Gasteiger charge is 2.18. The minimum Gasteiger partial charge on any atom is -0.335 e. The zero-order valence-electron chi connectivity index (χ0n) is 16.6. The summed E-state index contributed by atoms with van der Waals surface area (Å²) in [6.45, 7) is 3.46. The average Bonchev–Trinajstić information content (AvgIpc) is 2.94. The van der Waals surface area contributed by atoms with Gasteiger partial charge in [0, 0.05) is 19.8 Å². The van der Waals surface area contributed by atoms with E-state index in [1.165, 1.54) is 27.5 Å². The van der Waals surface area contributed by atoms with Gasteiger partial charge >= 0.3 is 0 Å². The van der Waals surface area contributed by atoms with Gasteiger partial charge in [-0.15, -0.1) is 0 Å². The van der Waals surface area contributed by atoms with Gasteiger partial charge < -0.3 is 10.2 Å². The fourth-order valence-corrected chi connectivity index (χ4v) is 3.59. The van der Waals surface area contributed by atoms with Crippen LogP contribution in [0.3, 0.4) is 0 Å². The SMILES string of the molecule is Cc1cccc(C)c1NC(=O)CN(C)C(=O)Cn1cnc2c(c(Br)nn2C)c1=O. The van der Waals surface area contributed by atoms with E-state index in [9.17, 15) is 14.4 Å². The quantitative estimate of drug-likeness (QED) is 0.622. The molecule has 0 aliphatic rings. The van der Waals surface area contributed by atoms with Crippen molar-refractivity contribution in [3.63, 3.8) is 0 Å². The van der Waals surface area contributed by atoms with Crippen molar-refractivity contribution in [3.8, 4) is 0 Å². The number of carbonyl (C=O) groups is 2. The van der Waals surface area contributed by atoms with E-state index in [0.29, 0.717) is 15.6 Å². The van der Waals surface area contributed by atoms with Gasteiger partial charge in [0.25, 0.3) is 5.56 Å². The molecule has 3 aromatic rings. The summed E-state index contributed by atoms with van der Waals surface area (Å²) in [5.74, 6) is -0.695. The summed E-state index contributed by atoms with van der Waals surface area (Å²) < 4.78 is 3.06. The highest BCUT2D eigenvalue weighted by atomic mass is 79.9. The van der Waals surface area contributed by atoms with Crippen molar-refractivity contribution in [2.75, 3.05) is 18.9 Å². The second kappa shape index (κ2) is 8.16. The van der Waals surface area contributed by atoms with E-state index in [2.05, 4.69) is 31.3 Å². The molecule has 9 nitrogen and oxygen atoms in total. The number of carbonyl (C=O) groups excluding carboxylic acids is 2. The number of anilines is 1. The van der Waals surface area contributed by atoms with Gasteiger partial charge in [-0.05, 0) is 40.9 Å². The van der Waals surface area contributed by atoms with Crippen molar-refractivity contribution in [3.05, 3.63) is 50.6 Å². The molecule has 10 heteroatoms. The summed E-state index contributed by atoms with van der Waals surface area (Å²) in [4.78, 5) is 43.0. The van der Waals surface area contributed by atoms with E-state index in [0.717, 1.165) is 16.8 Å². The Morgan fingerprint density at radius 3 is 2.55 bits per heavy atom. The lowest BCUT2D eigenvalue weighted by Crippen LogP contribution is -2.38. The van der Waals surface area contributed by atoms with Crippen LogP contribution < -0.4 is 10.9 Å². The van der Waals surface area contributed by atoms with Crippen molar-refractivity contribution in [2.45, 2.75) is 20.4 Å². The van der Waals surface area contributed by atoms with Gasteiger partial charge in [-0.3, -0.25) is 19.0 Å². The zero-order valence-corrected chi connectivity index (χ0v) is 18.1. The van der Waals surface area contributed by atoms with Gasteiger partial charge in [-0.1, -0.05) is 18.2 Å². The van der Waals surface area contributed by atoms with Crippen LogP contribution in [0.5, 0.6) is 0 Å². The molecule has 152 valence electrons. The molecule has 0 radical (unpaired) electrons. The molecular formula is C19H21BrN6O3. The Morgan fingerprint density at radius 2 is 1.90 bits per heavy atom. The number of halogens is 1. The minimum atomic E-state index is -0.384. The Hall–Kier alpha value is -3.01. The summed E-state index contributed by atoms with van der Waals surface area (Å²) in [6.07, 6.45) is 1.31. The molecular weight excluding hydrogens is 440 g/mol. The van der Waals surface area contributed by atoms with Gasteiger partial charge in [-0.25, -0.2) is 9.67 Å². The van der Waals surface area contributed by atoms with Crippen LogP contribution in [-0.2, 0) is 23.2 Å². The number of fused-ring (bicyclic) bond motifs is 1. The number of para-hydroxylation sites is 1. The topological polar surface area (TPSA) is 102 Å². The van der Waals surface area contributed by atoms with Crippen molar-refractivity contribution in [2.24, 2.45) is 7.05 Å². The highest BCUT2D eigenvalue weighted by Crippen LogP contribution is 2.19. The van der Waals surface area contributed by atoms with Crippen LogP contribution in [0.4, 0.5) is 5.69 Å². The molecule has 0 aliphatic carbocycles. The molecule has 0 bridgehead atoms. The Bertz CT molecular complexity index is 1150. The third-order valence-corrected chi connectivity index (χ3v) is 5.18. The first-order valence-electron chi connectivity index (χ1n) is 8.86. The monoisotopic (exact) mass is 460 g/mol. The van der Waals surface area contributed by atoms with Crippen molar-refractivity contribution in [1.29, 1.82) is 0 Å². The van der Waals surface area contributed by atoms with Crippen LogP contribution in [0.2, 0.25) is 0 Å². The van der Waals surface area contributed by atoms with Crippen LogP contribution in [0, 0.1) is 13.8 Å². The molecule has 0 aliphatic heterocycles. The second-order valence-corrected chi connectivity index (χ2v) is 7.61. The molecule has 1 aromatic carbocycles. The van der Waals surface area contributed by atoms with Crippen molar-refractivity contribution in [1.82, 2.24) is 24.2 Å². The number of nitrogens with zero attached hydrogens (tertiary/aromatic N) is 5. The molecule has 0 saturated carbocycles. The van der Waals surface area contributed by atoms with E-state index in [1.54, 1.807) is 7.05 Å². The number of amides is 2. The lowest BCUT2D eigenvalue weighted by Gasteiger charge is -2.18. The lowest BCUT2D eigenvalue weighted by atomic mass is 10.1. The van der Waals surface area contributed by atoms with Crippen molar-refractivity contribution >= 4 is 44.5 Å². The standard InChI is InChI=1S/C19H21BrN6O3/c1-11-6-5-7-12(2)16(11)22-13(27)8-24(3)14(28)9-26-10-21-18-15(19(26)29)17(20)23-25(18)4/h5-7,10H,8-9H2,1-4H3,(H,22,27). The number of rotatable bonds is 5. The molecule has 1 N–H and O–H groups in total.